The number of hydrogen-bond donors (Lipinski definition) is 1. The van der Waals surface area contributed by atoms with E-state index in [0.29, 0.717) is 5.02 Å². The summed E-state index contributed by atoms with van der Waals surface area (Å²) in [5, 5.41) is 5.00. The smallest absolute Gasteiger partial charge is 0.0837 e. The lowest BCUT2D eigenvalue weighted by Gasteiger charge is -2.20. The fourth-order valence-electron chi connectivity index (χ4n) is 2.61. The third kappa shape index (κ3) is 3.46. The van der Waals surface area contributed by atoms with Crippen LogP contribution in [0.5, 0.6) is 0 Å². The highest BCUT2D eigenvalue weighted by atomic mass is 35.5. The number of rotatable bonds is 5. The first-order valence-corrected chi connectivity index (χ1v) is 7.47. The van der Waals surface area contributed by atoms with Crippen LogP contribution in [0.15, 0.2) is 24.4 Å². The Labute approximate surface area is 131 Å². The molecule has 0 fully saturated rings. The van der Waals surface area contributed by atoms with Crippen LogP contribution in [0.4, 0.5) is 0 Å². The molecule has 21 heavy (non-hydrogen) atoms. The number of halogens is 1. The van der Waals surface area contributed by atoms with Crippen molar-refractivity contribution in [1.82, 2.24) is 14.7 Å². The summed E-state index contributed by atoms with van der Waals surface area (Å²) in [6, 6.07) is 5.95. The molecule has 0 amide bonds. The van der Waals surface area contributed by atoms with Crippen LogP contribution in [-0.4, -0.2) is 35.3 Å². The molecular weight excluding hydrogens is 284 g/mol. The lowest BCUT2D eigenvalue weighted by atomic mass is 9.94. The van der Waals surface area contributed by atoms with E-state index in [0.717, 1.165) is 24.3 Å². The van der Waals surface area contributed by atoms with Crippen molar-refractivity contribution < 1.29 is 0 Å². The Bertz CT molecular complexity index is 598. The van der Waals surface area contributed by atoms with Gasteiger partial charge < -0.3 is 10.6 Å². The van der Waals surface area contributed by atoms with Gasteiger partial charge in [-0.3, -0.25) is 4.68 Å². The summed E-state index contributed by atoms with van der Waals surface area (Å²) in [6.07, 6.45) is 1.68. The fraction of sp³-hybridized carbons (Fsp3) is 0.438. The first-order valence-electron chi connectivity index (χ1n) is 7.09. The van der Waals surface area contributed by atoms with Gasteiger partial charge >= 0.3 is 0 Å². The van der Waals surface area contributed by atoms with Crippen molar-refractivity contribution in [3.05, 3.63) is 51.8 Å². The molecule has 1 aromatic heterocycles. The number of hydrogen-bond acceptors (Lipinski definition) is 3. The Kier molecular flexibility index (Phi) is 5.04. The lowest BCUT2D eigenvalue weighted by molar-refractivity contribution is 0.368. The van der Waals surface area contributed by atoms with Gasteiger partial charge in [0.15, 0.2) is 0 Å². The molecule has 2 N–H and O–H groups in total. The minimum atomic E-state index is -0.261. The van der Waals surface area contributed by atoms with Crippen LogP contribution in [0, 0.1) is 13.8 Å². The minimum Gasteiger partial charge on any atom is -0.319 e. The second-order valence-corrected chi connectivity index (χ2v) is 6.09. The molecular formula is C16H23ClN4. The highest BCUT2D eigenvalue weighted by Crippen LogP contribution is 2.30. The molecule has 0 aliphatic heterocycles. The monoisotopic (exact) mass is 306 g/mol. The van der Waals surface area contributed by atoms with Gasteiger partial charge in [0.25, 0.3) is 0 Å². The number of nitrogens with two attached hydrogens (primary N) is 1. The molecule has 0 aliphatic carbocycles. The zero-order valence-electron chi connectivity index (χ0n) is 13.1. The van der Waals surface area contributed by atoms with Gasteiger partial charge in [-0.15, -0.1) is 0 Å². The van der Waals surface area contributed by atoms with Gasteiger partial charge in [0.05, 0.1) is 29.5 Å². The van der Waals surface area contributed by atoms with E-state index in [2.05, 4.69) is 36.0 Å². The lowest BCUT2D eigenvalue weighted by Crippen LogP contribution is -2.24. The summed E-state index contributed by atoms with van der Waals surface area (Å²) in [7, 11) is 4.08. The number of aromatic nitrogens is 2. The molecule has 0 saturated carbocycles. The topological polar surface area (TPSA) is 47.1 Å². The van der Waals surface area contributed by atoms with Gasteiger partial charge in [-0.1, -0.05) is 29.8 Å². The van der Waals surface area contributed by atoms with E-state index in [1.54, 1.807) is 6.20 Å². The molecule has 1 heterocycles. The van der Waals surface area contributed by atoms with Crippen LogP contribution in [0.2, 0.25) is 5.02 Å². The zero-order chi connectivity index (χ0) is 15.6. The summed E-state index contributed by atoms with van der Waals surface area (Å²) in [6.45, 7) is 5.82. The van der Waals surface area contributed by atoms with Crippen molar-refractivity contribution in [2.24, 2.45) is 5.73 Å². The maximum absolute atomic E-state index is 6.51. The van der Waals surface area contributed by atoms with Crippen LogP contribution in [0.25, 0.3) is 0 Å². The molecule has 0 bridgehead atoms. The predicted octanol–water partition coefficient (Wildman–Crippen LogP) is 2.76. The van der Waals surface area contributed by atoms with Gasteiger partial charge in [0.1, 0.15) is 0 Å². The maximum Gasteiger partial charge on any atom is 0.0837 e. The molecule has 1 unspecified atom stereocenters. The van der Waals surface area contributed by atoms with Crippen LogP contribution in [0.1, 0.15) is 28.4 Å². The molecule has 2 aromatic rings. The molecule has 114 valence electrons. The van der Waals surface area contributed by atoms with E-state index in [9.17, 15) is 0 Å². The Balaban J connectivity index is 2.39. The van der Waals surface area contributed by atoms with Crippen LogP contribution < -0.4 is 5.73 Å². The van der Waals surface area contributed by atoms with Gasteiger partial charge in [0.2, 0.25) is 0 Å². The number of benzene rings is 1. The number of nitrogens with zero attached hydrogens (tertiary/aromatic N) is 3. The fourth-order valence-corrected chi connectivity index (χ4v) is 2.87. The summed E-state index contributed by atoms with van der Waals surface area (Å²) in [5.41, 5.74) is 10.9. The third-order valence-corrected chi connectivity index (χ3v) is 4.03. The molecule has 0 aliphatic rings. The van der Waals surface area contributed by atoms with E-state index in [1.165, 1.54) is 11.1 Å². The predicted molar refractivity (Wildman–Crippen MR) is 87.7 cm³/mol. The molecule has 0 radical (unpaired) electrons. The van der Waals surface area contributed by atoms with Crippen LogP contribution >= 0.6 is 11.6 Å². The average molecular weight is 307 g/mol. The van der Waals surface area contributed by atoms with Gasteiger partial charge in [-0.25, -0.2) is 0 Å². The van der Waals surface area contributed by atoms with Crippen LogP contribution in [-0.2, 0) is 6.54 Å². The normalized spacial score (nSPS) is 12.9. The Hall–Kier alpha value is -1.36. The molecule has 0 spiro atoms. The van der Waals surface area contributed by atoms with Crippen molar-refractivity contribution in [3.8, 4) is 0 Å². The zero-order valence-corrected chi connectivity index (χ0v) is 13.9. The second kappa shape index (κ2) is 6.60. The van der Waals surface area contributed by atoms with E-state index in [4.69, 9.17) is 17.3 Å². The van der Waals surface area contributed by atoms with Crippen molar-refractivity contribution in [2.75, 3.05) is 20.6 Å². The number of likely N-dealkylation sites (N-methyl/N-ethyl adjacent to an activating group) is 1. The maximum atomic E-state index is 6.51. The van der Waals surface area contributed by atoms with Crippen molar-refractivity contribution in [2.45, 2.75) is 26.4 Å². The summed E-state index contributed by atoms with van der Waals surface area (Å²) < 4.78 is 1.92. The molecule has 1 atom stereocenters. The Morgan fingerprint density at radius 2 is 1.90 bits per heavy atom. The van der Waals surface area contributed by atoms with Crippen LogP contribution in [0.3, 0.4) is 0 Å². The average Bonchev–Trinajstić information content (AvgIpc) is 2.77. The molecule has 0 saturated heterocycles. The Morgan fingerprint density at radius 3 is 2.48 bits per heavy atom. The largest absolute Gasteiger partial charge is 0.319 e. The third-order valence-electron chi connectivity index (χ3n) is 3.74. The molecule has 4 nitrogen and oxygen atoms in total. The van der Waals surface area contributed by atoms with Gasteiger partial charge in [0, 0.05) is 6.54 Å². The van der Waals surface area contributed by atoms with Gasteiger partial charge in [-0.05, 0) is 44.6 Å². The number of aryl methyl sites for hydroxylation is 2. The SMILES string of the molecule is Cc1cccc(C)c1C(N)c1c(Cl)cnn1CCN(C)C. The van der Waals surface area contributed by atoms with E-state index < -0.39 is 0 Å². The van der Waals surface area contributed by atoms with E-state index in [-0.39, 0.29) is 6.04 Å². The molecule has 5 heteroatoms. The highest BCUT2D eigenvalue weighted by molar-refractivity contribution is 6.31. The van der Waals surface area contributed by atoms with Crippen molar-refractivity contribution >= 4 is 11.6 Å². The molecule has 2 rings (SSSR count). The standard InChI is InChI=1S/C16H23ClN4/c1-11-6-5-7-12(2)14(11)15(18)16-13(17)10-19-21(16)9-8-20(3)4/h5-7,10,15H,8-9,18H2,1-4H3. The van der Waals surface area contributed by atoms with Gasteiger partial charge in [-0.2, -0.15) is 5.10 Å². The van der Waals surface area contributed by atoms with Crippen molar-refractivity contribution in [1.29, 1.82) is 0 Å². The highest BCUT2D eigenvalue weighted by Gasteiger charge is 2.21. The van der Waals surface area contributed by atoms with E-state index in [1.807, 2.05) is 24.8 Å². The first-order chi connectivity index (χ1) is 9.91. The first kappa shape index (κ1) is 16.0. The summed E-state index contributed by atoms with van der Waals surface area (Å²) >= 11 is 6.33. The second-order valence-electron chi connectivity index (χ2n) is 5.69. The Morgan fingerprint density at radius 1 is 1.29 bits per heavy atom. The van der Waals surface area contributed by atoms with Crippen molar-refractivity contribution in [3.63, 3.8) is 0 Å². The van der Waals surface area contributed by atoms with E-state index >= 15 is 0 Å². The quantitative estimate of drug-likeness (QED) is 0.924. The summed E-state index contributed by atoms with van der Waals surface area (Å²) in [4.78, 5) is 2.11. The molecule has 1 aromatic carbocycles. The summed E-state index contributed by atoms with van der Waals surface area (Å²) in [5.74, 6) is 0. The minimum absolute atomic E-state index is 0.261.